The largest absolute Gasteiger partial charge is 1.00 e. The summed E-state index contributed by atoms with van der Waals surface area (Å²) in [5.41, 5.74) is 0.717. The maximum absolute atomic E-state index is 12.9. The first-order valence-corrected chi connectivity index (χ1v) is 9.10. The molecule has 0 bridgehead atoms. The molecule has 0 aliphatic heterocycles. The van der Waals surface area contributed by atoms with E-state index in [1.54, 1.807) is 6.20 Å². The van der Waals surface area contributed by atoms with Crippen molar-refractivity contribution in [3.05, 3.63) is 18.5 Å². The summed E-state index contributed by atoms with van der Waals surface area (Å²) in [6, 6.07) is 1.23. The quantitative estimate of drug-likeness (QED) is 0.723. The van der Waals surface area contributed by atoms with E-state index in [4.69, 9.17) is 0 Å². The summed E-state index contributed by atoms with van der Waals surface area (Å²) in [5.74, 6) is 0. The number of nitrogens with zero attached hydrogens (tertiary/aromatic N) is 1. The van der Waals surface area contributed by atoms with Gasteiger partial charge in [0.2, 0.25) is 0 Å². The molecule has 0 saturated carbocycles. The molecule has 110 valence electrons. The Morgan fingerprint density at radius 2 is 1.35 bits per heavy atom. The van der Waals surface area contributed by atoms with Crippen LogP contribution in [0.2, 0.25) is 16.6 Å². The summed E-state index contributed by atoms with van der Waals surface area (Å²) in [6.45, 7) is 7.96. The van der Waals surface area contributed by atoms with Crippen LogP contribution in [-0.2, 0) is 0 Å². The molecule has 0 amide bonds. The van der Waals surface area contributed by atoms with Crippen LogP contribution in [-0.4, -0.2) is 19.4 Å². The van der Waals surface area contributed by atoms with Crippen LogP contribution >= 0.6 is 0 Å². The fourth-order valence-electron chi connectivity index (χ4n) is 3.74. The van der Waals surface area contributed by atoms with Crippen LogP contribution < -0.4 is 56.8 Å². The Bertz CT molecular complexity index is 408. The zero-order valence-corrected chi connectivity index (χ0v) is 17.7. The molecule has 0 aromatic carbocycles. The molecule has 1 aromatic rings. The van der Waals surface area contributed by atoms with Crippen LogP contribution in [0.4, 0.5) is 12.9 Å². The van der Waals surface area contributed by atoms with Gasteiger partial charge in [-0.15, -0.1) is 0 Å². The predicted molar refractivity (Wildman–Crippen MR) is 79.6 cm³/mol. The second-order valence-corrected chi connectivity index (χ2v) is 12.0. The molecule has 7 heteroatoms. The van der Waals surface area contributed by atoms with Crippen molar-refractivity contribution in [3.8, 4) is 0 Å². The normalized spacial score (nSPS) is 13.2. The number of halogens is 3. The van der Waals surface area contributed by atoms with Gasteiger partial charge in [0.1, 0.15) is 0 Å². The van der Waals surface area contributed by atoms with Gasteiger partial charge in [-0.25, -0.2) is 0 Å². The van der Waals surface area contributed by atoms with Crippen LogP contribution in [0.15, 0.2) is 18.5 Å². The zero-order valence-electron chi connectivity index (χ0n) is 13.6. The van der Waals surface area contributed by atoms with E-state index in [1.807, 2.05) is 4.23 Å². The first kappa shape index (κ1) is 21.0. The Kier molecular flexibility index (Phi) is 7.88. The molecule has 0 unspecified atom stereocenters. The summed E-state index contributed by atoms with van der Waals surface area (Å²) >= 11 is 0. The molecule has 0 spiro atoms. The van der Waals surface area contributed by atoms with E-state index in [1.165, 1.54) is 12.3 Å². The van der Waals surface area contributed by atoms with Gasteiger partial charge in [-0.2, -0.15) is 0 Å². The van der Waals surface area contributed by atoms with Gasteiger partial charge in [-0.3, -0.25) is 0 Å². The molecule has 0 aliphatic carbocycles. The van der Waals surface area contributed by atoms with Crippen molar-refractivity contribution in [3.63, 3.8) is 0 Å². The van der Waals surface area contributed by atoms with Crippen molar-refractivity contribution in [1.29, 1.82) is 0 Å². The maximum Gasteiger partial charge on any atom is 1.00 e. The van der Waals surface area contributed by atoms with Gasteiger partial charge in [0.25, 0.3) is 0 Å². The third-order valence-electron chi connectivity index (χ3n) is 4.32. The van der Waals surface area contributed by atoms with Crippen LogP contribution in [0.5, 0.6) is 0 Å². The molecule has 0 fully saturated rings. The molecule has 0 N–H and O–H groups in total. The van der Waals surface area contributed by atoms with Crippen LogP contribution in [0.1, 0.15) is 41.5 Å². The molecule has 20 heavy (non-hydrogen) atoms. The topological polar surface area (TPSA) is 4.93 Å². The summed E-state index contributed by atoms with van der Waals surface area (Å²) in [7, 11) is -2.03. The molecule has 0 aliphatic rings. The minimum absolute atomic E-state index is 0. The average Bonchev–Trinajstić information content (AvgIpc) is 2.65. The number of rotatable bonds is 5. The van der Waals surface area contributed by atoms with Gasteiger partial charge in [0.15, 0.2) is 8.24 Å². The van der Waals surface area contributed by atoms with Crippen molar-refractivity contribution in [2.75, 3.05) is 0 Å². The van der Waals surface area contributed by atoms with E-state index in [0.29, 0.717) is 16.6 Å². The van der Waals surface area contributed by atoms with Crippen LogP contribution in [0.3, 0.4) is 0 Å². The SMILES string of the molecule is CC(C)[Si](C(C)C)(C(C)C)n1ccc([B-](F)(F)F)c1.[K+]. The third kappa shape index (κ3) is 3.84. The van der Waals surface area contributed by atoms with Gasteiger partial charge in [0.05, 0.1) is 0 Å². The van der Waals surface area contributed by atoms with E-state index >= 15 is 0 Å². The second kappa shape index (κ2) is 7.50. The van der Waals surface area contributed by atoms with E-state index in [-0.39, 0.29) is 51.4 Å². The van der Waals surface area contributed by atoms with Gasteiger partial charge in [0, 0.05) is 0 Å². The van der Waals surface area contributed by atoms with Crippen molar-refractivity contribution in [2.45, 2.75) is 58.2 Å². The summed E-state index contributed by atoms with van der Waals surface area (Å²) in [5, 5.41) is 0. The van der Waals surface area contributed by atoms with E-state index in [2.05, 4.69) is 41.5 Å². The fraction of sp³-hybridized carbons (Fsp3) is 0.692. The van der Waals surface area contributed by atoms with Gasteiger partial charge in [-0.05, 0) is 29.0 Å². The first-order chi connectivity index (χ1) is 8.54. The fourth-order valence-corrected chi connectivity index (χ4v) is 10.2. The minimum Gasteiger partial charge on any atom is -0.445 e. The maximum atomic E-state index is 12.9. The molecular formula is C13H24BF3KNSi. The number of aromatic nitrogens is 1. The Labute approximate surface area is 164 Å². The predicted octanol–water partition coefficient (Wildman–Crippen LogP) is 1.57. The van der Waals surface area contributed by atoms with E-state index in [0.717, 1.165) is 0 Å². The zero-order chi connectivity index (χ0) is 15.0. The Morgan fingerprint density at radius 3 is 1.60 bits per heavy atom. The first-order valence-electron chi connectivity index (χ1n) is 6.92. The van der Waals surface area contributed by atoms with Crippen molar-refractivity contribution in [1.82, 2.24) is 4.23 Å². The van der Waals surface area contributed by atoms with Gasteiger partial charge in [-0.1, -0.05) is 53.1 Å². The van der Waals surface area contributed by atoms with E-state index in [9.17, 15) is 12.9 Å². The Hall–Kier alpha value is 0.988. The Balaban J connectivity index is 0.00000361. The third-order valence-corrected chi connectivity index (χ3v) is 11.0. The monoisotopic (exact) mass is 329 g/mol. The molecule has 1 heterocycles. The molecule has 0 atom stereocenters. The molecular weight excluding hydrogens is 305 g/mol. The van der Waals surface area contributed by atoms with Gasteiger partial charge < -0.3 is 17.2 Å². The van der Waals surface area contributed by atoms with E-state index < -0.39 is 20.7 Å². The summed E-state index contributed by atoms with van der Waals surface area (Å²) in [4.78, 5) is 0. The molecule has 0 saturated heterocycles. The molecule has 0 radical (unpaired) electrons. The average molecular weight is 329 g/mol. The molecule has 1 rings (SSSR count). The minimum atomic E-state index is -4.90. The number of hydrogen-bond donors (Lipinski definition) is 0. The summed E-state index contributed by atoms with van der Waals surface area (Å²) < 4.78 is 40.5. The standard InChI is InChI=1S/C13H24BF3NSi.K/c1-10(2)19(11(3)4,12(5)6)18-8-7-13(9-18)14(15,16)17;/h7-12H,1-6H3;/q-1;+1. The van der Waals surface area contributed by atoms with Crippen LogP contribution in [0, 0.1) is 0 Å². The smallest absolute Gasteiger partial charge is 0.445 e. The van der Waals surface area contributed by atoms with Crippen molar-refractivity contribution >= 4 is 20.7 Å². The Morgan fingerprint density at radius 1 is 0.950 bits per heavy atom. The van der Waals surface area contributed by atoms with Crippen molar-refractivity contribution in [2.24, 2.45) is 0 Å². The molecule has 1 nitrogen and oxygen atoms in total. The van der Waals surface area contributed by atoms with Crippen LogP contribution in [0.25, 0.3) is 0 Å². The molecule has 1 aromatic heterocycles. The second-order valence-electron chi connectivity index (χ2n) is 6.28. The van der Waals surface area contributed by atoms with Gasteiger partial charge >= 0.3 is 58.4 Å². The number of hydrogen-bond acceptors (Lipinski definition) is 0. The van der Waals surface area contributed by atoms with Crippen molar-refractivity contribution < 1.29 is 64.3 Å². The summed E-state index contributed by atoms with van der Waals surface area (Å²) in [6.07, 6.45) is 2.99.